The van der Waals surface area contributed by atoms with Gasteiger partial charge in [0.2, 0.25) is 5.91 Å². The average Bonchev–Trinajstić information content (AvgIpc) is 2.96. The summed E-state index contributed by atoms with van der Waals surface area (Å²) >= 11 is 0. The Morgan fingerprint density at radius 2 is 1.71 bits per heavy atom. The van der Waals surface area contributed by atoms with Crippen LogP contribution in [0.1, 0.15) is 65.7 Å². The molecule has 1 saturated heterocycles. The standard InChI is InChI=1S/C34H45N5O3/c1-23-11-15-35-21-28(23)22-39(30-7-9-32(42-6)10-8-30)31-13-17-38(18-14-31)26(4)12-16-36-34(41)33-24(2)19-29(20-25(33)3)37-27(5)40/h7-11,15,19-21,26,31H,12-14,16-18,22H2,1-6H3,(H,36,41)(H,37,40). The summed E-state index contributed by atoms with van der Waals surface area (Å²) < 4.78 is 5.40. The number of aromatic nitrogens is 1. The number of hydrogen-bond donors (Lipinski definition) is 2. The number of hydrogen-bond acceptors (Lipinski definition) is 6. The molecule has 1 atom stereocenters. The molecule has 2 N–H and O–H groups in total. The number of methoxy groups -OCH3 is 1. The van der Waals surface area contributed by atoms with Crippen LogP contribution in [0.25, 0.3) is 0 Å². The molecule has 1 aromatic heterocycles. The summed E-state index contributed by atoms with van der Waals surface area (Å²) in [6.45, 7) is 13.2. The lowest BCUT2D eigenvalue weighted by Gasteiger charge is -2.42. The van der Waals surface area contributed by atoms with Crippen molar-refractivity contribution in [1.82, 2.24) is 15.2 Å². The molecule has 8 heteroatoms. The van der Waals surface area contributed by atoms with Crippen molar-refractivity contribution in [1.29, 1.82) is 0 Å². The SMILES string of the molecule is COc1ccc(N(Cc2cnccc2C)C2CCN(C(C)CCNC(=O)c3c(C)cc(NC(C)=O)cc3C)CC2)cc1. The molecule has 0 spiro atoms. The van der Waals surface area contributed by atoms with Crippen molar-refractivity contribution in [2.75, 3.05) is 37.0 Å². The maximum absolute atomic E-state index is 13.0. The van der Waals surface area contributed by atoms with Crippen molar-refractivity contribution in [3.63, 3.8) is 0 Å². The van der Waals surface area contributed by atoms with Gasteiger partial charge in [0.25, 0.3) is 5.91 Å². The van der Waals surface area contributed by atoms with Gasteiger partial charge in [-0.15, -0.1) is 0 Å². The Hall–Kier alpha value is -3.91. The molecule has 2 amide bonds. The minimum absolute atomic E-state index is 0.0638. The maximum atomic E-state index is 13.0. The van der Waals surface area contributed by atoms with Crippen LogP contribution in [0.3, 0.4) is 0 Å². The number of aryl methyl sites for hydroxylation is 3. The van der Waals surface area contributed by atoms with Crippen LogP contribution in [-0.2, 0) is 11.3 Å². The van der Waals surface area contributed by atoms with E-state index in [1.54, 1.807) is 7.11 Å². The Morgan fingerprint density at radius 1 is 1.05 bits per heavy atom. The largest absolute Gasteiger partial charge is 0.497 e. The Bertz CT molecular complexity index is 1340. The fourth-order valence-corrected chi connectivity index (χ4v) is 5.95. The van der Waals surface area contributed by atoms with Crippen LogP contribution in [0.2, 0.25) is 0 Å². The summed E-state index contributed by atoms with van der Waals surface area (Å²) in [6.07, 6.45) is 6.86. The van der Waals surface area contributed by atoms with Crippen molar-refractivity contribution < 1.29 is 14.3 Å². The molecule has 0 bridgehead atoms. The molecule has 4 rings (SSSR count). The second-order valence-electron chi connectivity index (χ2n) is 11.5. The van der Waals surface area contributed by atoms with E-state index >= 15 is 0 Å². The zero-order valence-electron chi connectivity index (χ0n) is 25.9. The van der Waals surface area contributed by atoms with Crippen molar-refractivity contribution in [2.45, 2.75) is 72.5 Å². The number of anilines is 2. The number of rotatable bonds is 11. The first kappa shape index (κ1) is 31.0. The van der Waals surface area contributed by atoms with Gasteiger partial charge in [0.1, 0.15) is 5.75 Å². The van der Waals surface area contributed by atoms with E-state index in [-0.39, 0.29) is 11.8 Å². The second-order valence-corrected chi connectivity index (χ2v) is 11.5. The van der Waals surface area contributed by atoms with Gasteiger partial charge in [-0.2, -0.15) is 0 Å². The minimum Gasteiger partial charge on any atom is -0.497 e. The number of carbonyl (C=O) groups is 2. The summed E-state index contributed by atoms with van der Waals surface area (Å²) in [5.74, 6) is 0.673. The quantitative estimate of drug-likeness (QED) is 0.309. The van der Waals surface area contributed by atoms with E-state index in [0.29, 0.717) is 29.9 Å². The van der Waals surface area contributed by atoms with Gasteiger partial charge in [0.05, 0.1) is 7.11 Å². The summed E-state index contributed by atoms with van der Waals surface area (Å²) in [5.41, 5.74) is 6.81. The third-order valence-corrected chi connectivity index (χ3v) is 8.38. The monoisotopic (exact) mass is 571 g/mol. The summed E-state index contributed by atoms with van der Waals surface area (Å²) in [6, 6.07) is 14.9. The van der Waals surface area contributed by atoms with Crippen molar-refractivity contribution in [3.8, 4) is 5.75 Å². The van der Waals surface area contributed by atoms with Gasteiger partial charge in [-0.05, 0) is 112 Å². The van der Waals surface area contributed by atoms with Gasteiger partial charge in [-0.1, -0.05) is 0 Å². The zero-order valence-corrected chi connectivity index (χ0v) is 25.9. The van der Waals surface area contributed by atoms with E-state index in [1.807, 2.05) is 50.5 Å². The highest BCUT2D eigenvalue weighted by molar-refractivity contribution is 5.98. The highest BCUT2D eigenvalue weighted by Gasteiger charge is 2.28. The van der Waals surface area contributed by atoms with Gasteiger partial charge in [0, 0.05) is 74.5 Å². The van der Waals surface area contributed by atoms with Crippen LogP contribution in [0.15, 0.2) is 54.9 Å². The molecule has 2 aromatic carbocycles. The van der Waals surface area contributed by atoms with Crippen molar-refractivity contribution in [3.05, 3.63) is 82.7 Å². The van der Waals surface area contributed by atoms with E-state index in [4.69, 9.17) is 4.74 Å². The molecule has 0 saturated carbocycles. The van der Waals surface area contributed by atoms with Gasteiger partial charge in [-0.3, -0.25) is 14.6 Å². The minimum atomic E-state index is -0.124. The lowest BCUT2D eigenvalue weighted by molar-refractivity contribution is -0.114. The van der Waals surface area contributed by atoms with Crippen LogP contribution in [0.4, 0.5) is 11.4 Å². The number of nitrogens with zero attached hydrogens (tertiary/aromatic N) is 3. The topological polar surface area (TPSA) is 86.8 Å². The lowest BCUT2D eigenvalue weighted by atomic mass is 9.98. The summed E-state index contributed by atoms with van der Waals surface area (Å²) in [5, 5.41) is 5.92. The van der Waals surface area contributed by atoms with E-state index in [0.717, 1.165) is 55.8 Å². The van der Waals surface area contributed by atoms with Gasteiger partial charge in [0.15, 0.2) is 0 Å². The molecular formula is C34H45N5O3. The molecule has 8 nitrogen and oxygen atoms in total. The number of likely N-dealkylation sites (tertiary alicyclic amines) is 1. The second kappa shape index (κ2) is 14.3. The molecule has 0 radical (unpaired) electrons. The zero-order chi connectivity index (χ0) is 30.2. The van der Waals surface area contributed by atoms with E-state index in [2.05, 4.69) is 57.5 Å². The Labute approximate surface area is 250 Å². The molecule has 1 aliphatic rings. The fraction of sp³-hybridized carbons (Fsp3) is 0.441. The van der Waals surface area contributed by atoms with Crippen LogP contribution >= 0.6 is 0 Å². The first-order valence-electron chi connectivity index (χ1n) is 14.9. The highest BCUT2D eigenvalue weighted by atomic mass is 16.5. The predicted molar refractivity (Wildman–Crippen MR) is 169 cm³/mol. The van der Waals surface area contributed by atoms with Crippen LogP contribution < -0.4 is 20.3 Å². The van der Waals surface area contributed by atoms with Crippen molar-refractivity contribution in [2.24, 2.45) is 0 Å². The normalized spacial score (nSPS) is 14.7. The number of pyridine rings is 1. The molecule has 0 aliphatic carbocycles. The number of benzene rings is 2. The van der Waals surface area contributed by atoms with Crippen LogP contribution in [0, 0.1) is 20.8 Å². The summed E-state index contributed by atoms with van der Waals surface area (Å²) in [4.78, 5) is 33.9. The van der Waals surface area contributed by atoms with Crippen LogP contribution in [-0.4, -0.2) is 60.5 Å². The van der Waals surface area contributed by atoms with Gasteiger partial charge < -0.3 is 25.2 Å². The first-order chi connectivity index (χ1) is 20.2. The number of carbonyl (C=O) groups excluding carboxylic acids is 2. The van der Waals surface area contributed by atoms with Crippen LogP contribution in [0.5, 0.6) is 5.75 Å². The molecule has 1 unspecified atom stereocenters. The van der Waals surface area contributed by atoms with Gasteiger partial charge >= 0.3 is 0 Å². The molecule has 3 aromatic rings. The molecular weight excluding hydrogens is 526 g/mol. The number of ether oxygens (including phenoxy) is 1. The third kappa shape index (κ3) is 7.88. The molecule has 224 valence electrons. The predicted octanol–water partition coefficient (Wildman–Crippen LogP) is 5.65. The number of amides is 2. The van der Waals surface area contributed by atoms with Gasteiger partial charge in [-0.25, -0.2) is 0 Å². The van der Waals surface area contributed by atoms with E-state index < -0.39 is 0 Å². The highest BCUT2D eigenvalue weighted by Crippen LogP contribution is 2.29. The Kier molecular flexibility index (Phi) is 10.6. The summed E-state index contributed by atoms with van der Waals surface area (Å²) in [7, 11) is 1.70. The molecule has 42 heavy (non-hydrogen) atoms. The van der Waals surface area contributed by atoms with Crippen molar-refractivity contribution >= 4 is 23.2 Å². The Morgan fingerprint density at radius 3 is 2.31 bits per heavy atom. The van der Waals surface area contributed by atoms with E-state index in [1.165, 1.54) is 23.7 Å². The maximum Gasteiger partial charge on any atom is 0.251 e. The Balaban J connectivity index is 1.33. The molecule has 2 heterocycles. The first-order valence-corrected chi connectivity index (χ1v) is 14.9. The fourth-order valence-electron chi connectivity index (χ4n) is 5.95. The third-order valence-electron chi connectivity index (χ3n) is 8.38. The molecule has 1 fully saturated rings. The lowest BCUT2D eigenvalue weighted by Crippen LogP contribution is -2.48. The van der Waals surface area contributed by atoms with E-state index in [9.17, 15) is 9.59 Å². The number of nitrogens with one attached hydrogen (secondary N) is 2. The average molecular weight is 572 g/mol. The smallest absolute Gasteiger partial charge is 0.251 e. The number of piperidine rings is 1. The molecule has 1 aliphatic heterocycles.